The normalized spacial score (nSPS) is 14.5. The van der Waals surface area contributed by atoms with Gasteiger partial charge in [0.15, 0.2) is 5.69 Å². The zero-order chi connectivity index (χ0) is 23.6. The number of thiazole rings is 1. The van der Waals surface area contributed by atoms with Crippen molar-refractivity contribution in [2.24, 2.45) is 0 Å². The Kier molecular flexibility index (Phi) is 6.66. The van der Waals surface area contributed by atoms with Gasteiger partial charge in [0.05, 0.1) is 5.56 Å². The Balaban J connectivity index is 1.51. The van der Waals surface area contributed by atoms with Gasteiger partial charge in [-0.1, -0.05) is 35.6 Å². The van der Waals surface area contributed by atoms with Crippen molar-refractivity contribution in [3.05, 3.63) is 70.7 Å². The molecule has 1 aliphatic rings. The predicted molar refractivity (Wildman–Crippen MR) is 119 cm³/mol. The molecule has 0 atom stereocenters. The van der Waals surface area contributed by atoms with E-state index in [0.29, 0.717) is 6.54 Å². The predicted octanol–water partition coefficient (Wildman–Crippen LogP) is 5.08. The molecule has 0 saturated carbocycles. The van der Waals surface area contributed by atoms with E-state index >= 15 is 0 Å². The number of rotatable bonds is 6. The van der Waals surface area contributed by atoms with Crippen molar-refractivity contribution in [2.45, 2.75) is 32.1 Å². The number of carbonyl (C=O) groups excluding carboxylic acids is 1. The number of likely N-dealkylation sites (tertiary alicyclic amines) is 1. The van der Waals surface area contributed by atoms with Crippen molar-refractivity contribution in [3.8, 4) is 10.6 Å². The first-order valence-corrected chi connectivity index (χ1v) is 11.2. The number of amides is 1. The quantitative estimate of drug-likeness (QED) is 0.485. The number of benzene rings is 2. The van der Waals surface area contributed by atoms with E-state index in [1.54, 1.807) is 12.1 Å². The van der Waals surface area contributed by atoms with Crippen LogP contribution in [-0.2, 0) is 19.3 Å². The van der Waals surface area contributed by atoms with Crippen LogP contribution in [0.15, 0.2) is 42.5 Å². The maximum atomic E-state index is 14.5. The summed E-state index contributed by atoms with van der Waals surface area (Å²) in [6, 6.07) is 9.78. The van der Waals surface area contributed by atoms with Gasteiger partial charge >= 0.3 is 6.18 Å². The molecule has 3 aromatic rings. The summed E-state index contributed by atoms with van der Waals surface area (Å²) in [5.41, 5.74) is 6.08. The molecule has 0 unspecified atom stereocenters. The molecule has 1 aromatic heterocycles. The Bertz CT molecular complexity index is 1160. The van der Waals surface area contributed by atoms with Crippen molar-refractivity contribution >= 4 is 22.2 Å². The molecule has 0 aliphatic carbocycles. The molecule has 0 radical (unpaired) electrons. The molecule has 1 amide bonds. The average molecular weight is 479 g/mol. The fourth-order valence-corrected chi connectivity index (χ4v) is 4.70. The van der Waals surface area contributed by atoms with Gasteiger partial charge in [0.2, 0.25) is 0 Å². The van der Waals surface area contributed by atoms with Crippen LogP contribution in [0.25, 0.3) is 10.6 Å². The molecule has 5 nitrogen and oxygen atoms in total. The fourth-order valence-electron chi connectivity index (χ4n) is 3.85. The van der Waals surface area contributed by atoms with Crippen LogP contribution in [0.2, 0.25) is 0 Å². The fraction of sp³-hybridized carbons (Fsp3) is 0.304. The summed E-state index contributed by atoms with van der Waals surface area (Å²) in [6.07, 6.45) is -2.25. The monoisotopic (exact) mass is 478 g/mol. The third-order valence-corrected chi connectivity index (χ3v) is 6.41. The second kappa shape index (κ2) is 9.48. The third-order valence-electron chi connectivity index (χ3n) is 5.50. The van der Waals surface area contributed by atoms with E-state index in [2.05, 4.69) is 15.2 Å². The summed E-state index contributed by atoms with van der Waals surface area (Å²) in [7, 11) is 0. The van der Waals surface area contributed by atoms with Gasteiger partial charge in [0, 0.05) is 18.7 Å². The number of nitrogen functional groups attached to an aromatic ring is 1. The largest absolute Gasteiger partial charge is 0.416 e. The molecule has 1 saturated heterocycles. The number of nitrogens with two attached hydrogens (primary N) is 1. The van der Waals surface area contributed by atoms with Crippen molar-refractivity contribution in [2.75, 3.05) is 18.8 Å². The minimum absolute atomic E-state index is 0.0657. The van der Waals surface area contributed by atoms with Crippen LogP contribution in [0.1, 0.15) is 40.0 Å². The Morgan fingerprint density at radius 1 is 1.15 bits per heavy atom. The number of carbonyl (C=O) groups is 1. The lowest BCUT2D eigenvalue weighted by Crippen LogP contribution is -2.25. The van der Waals surface area contributed by atoms with E-state index in [-0.39, 0.29) is 33.4 Å². The second-order valence-electron chi connectivity index (χ2n) is 7.87. The van der Waals surface area contributed by atoms with Crippen LogP contribution in [0.3, 0.4) is 0 Å². The molecular formula is C23H22F4N4OS. The molecule has 2 aromatic carbocycles. The lowest BCUT2D eigenvalue weighted by Gasteiger charge is -2.15. The van der Waals surface area contributed by atoms with E-state index in [9.17, 15) is 22.4 Å². The summed E-state index contributed by atoms with van der Waals surface area (Å²) in [5, 5.41) is 2.74. The Morgan fingerprint density at radius 3 is 2.61 bits per heavy atom. The van der Waals surface area contributed by atoms with Gasteiger partial charge in [0.25, 0.3) is 5.91 Å². The number of alkyl halides is 3. The lowest BCUT2D eigenvalue weighted by atomic mass is 10.1. The second-order valence-corrected chi connectivity index (χ2v) is 8.90. The average Bonchev–Trinajstić information content (AvgIpc) is 3.42. The zero-order valence-corrected chi connectivity index (χ0v) is 18.4. The highest BCUT2D eigenvalue weighted by Crippen LogP contribution is 2.34. The van der Waals surface area contributed by atoms with Crippen LogP contribution in [-0.4, -0.2) is 28.9 Å². The summed E-state index contributed by atoms with van der Waals surface area (Å²) in [6.45, 7) is 2.35. The standard InChI is InChI=1S/C23H22F4N4OS/c24-18-8-7-14(13-31-9-3-4-10-31)11-16(18)22-30-19(20(28)33-22)21(32)29-12-15-5-1-2-6-17(15)23(25,26)27/h1-2,5-8,11H,3-4,9-10,12-13,28H2,(H,29,32). The number of nitrogens with one attached hydrogen (secondary N) is 1. The minimum Gasteiger partial charge on any atom is -0.389 e. The molecule has 4 rings (SSSR count). The summed E-state index contributed by atoms with van der Waals surface area (Å²) < 4.78 is 54.0. The first kappa shape index (κ1) is 23.2. The highest BCUT2D eigenvalue weighted by Gasteiger charge is 2.33. The topological polar surface area (TPSA) is 71.2 Å². The van der Waals surface area contributed by atoms with Gasteiger partial charge in [-0.25, -0.2) is 9.37 Å². The van der Waals surface area contributed by atoms with Crippen LogP contribution in [0.4, 0.5) is 22.6 Å². The number of hydrogen-bond acceptors (Lipinski definition) is 5. The number of anilines is 1. The van der Waals surface area contributed by atoms with Crippen LogP contribution >= 0.6 is 11.3 Å². The SMILES string of the molecule is Nc1sc(-c2cc(CN3CCCC3)ccc2F)nc1C(=O)NCc1ccccc1C(F)(F)F. The highest BCUT2D eigenvalue weighted by atomic mass is 32.1. The van der Waals surface area contributed by atoms with Crippen molar-refractivity contribution in [1.29, 1.82) is 0 Å². The lowest BCUT2D eigenvalue weighted by molar-refractivity contribution is -0.138. The third kappa shape index (κ3) is 5.33. The zero-order valence-electron chi connectivity index (χ0n) is 17.6. The molecule has 174 valence electrons. The van der Waals surface area contributed by atoms with Crippen LogP contribution in [0, 0.1) is 5.82 Å². The van der Waals surface area contributed by atoms with Gasteiger partial charge < -0.3 is 11.1 Å². The number of aromatic nitrogens is 1. The van der Waals surface area contributed by atoms with E-state index in [0.717, 1.165) is 48.9 Å². The van der Waals surface area contributed by atoms with Crippen LogP contribution in [0.5, 0.6) is 0 Å². The van der Waals surface area contributed by atoms with E-state index in [1.165, 1.54) is 24.3 Å². The van der Waals surface area contributed by atoms with Gasteiger partial charge in [-0.2, -0.15) is 13.2 Å². The van der Waals surface area contributed by atoms with E-state index in [4.69, 9.17) is 5.73 Å². The number of hydrogen-bond donors (Lipinski definition) is 2. The highest BCUT2D eigenvalue weighted by molar-refractivity contribution is 7.19. The number of halogens is 4. The molecular weight excluding hydrogens is 456 g/mol. The molecule has 1 aliphatic heterocycles. The van der Waals surface area contributed by atoms with Gasteiger partial charge in [-0.15, -0.1) is 0 Å². The molecule has 0 spiro atoms. The summed E-state index contributed by atoms with van der Waals surface area (Å²) in [5.74, 6) is -1.21. The maximum Gasteiger partial charge on any atom is 0.416 e. The van der Waals surface area contributed by atoms with Crippen molar-refractivity contribution in [3.63, 3.8) is 0 Å². The van der Waals surface area contributed by atoms with Gasteiger partial charge in [-0.3, -0.25) is 9.69 Å². The molecule has 0 bridgehead atoms. The molecule has 1 fully saturated rings. The Labute approximate surface area is 192 Å². The van der Waals surface area contributed by atoms with Crippen molar-refractivity contribution < 1.29 is 22.4 Å². The van der Waals surface area contributed by atoms with Gasteiger partial charge in [0.1, 0.15) is 15.8 Å². The Hall–Kier alpha value is -2.98. The Morgan fingerprint density at radius 2 is 1.88 bits per heavy atom. The van der Waals surface area contributed by atoms with Crippen LogP contribution < -0.4 is 11.1 Å². The molecule has 2 heterocycles. The molecule has 10 heteroatoms. The summed E-state index contributed by atoms with van der Waals surface area (Å²) in [4.78, 5) is 19.1. The maximum absolute atomic E-state index is 14.5. The first-order valence-electron chi connectivity index (χ1n) is 10.4. The first-order chi connectivity index (χ1) is 15.7. The van der Waals surface area contributed by atoms with Crippen molar-refractivity contribution in [1.82, 2.24) is 15.2 Å². The van der Waals surface area contributed by atoms with E-state index in [1.807, 2.05) is 0 Å². The summed E-state index contributed by atoms with van der Waals surface area (Å²) >= 11 is 0.963. The number of nitrogens with zero attached hydrogens (tertiary/aromatic N) is 2. The van der Waals surface area contributed by atoms with Gasteiger partial charge in [-0.05, 0) is 55.3 Å². The minimum atomic E-state index is -4.54. The molecule has 3 N–H and O–H groups in total. The smallest absolute Gasteiger partial charge is 0.389 e. The van der Waals surface area contributed by atoms with E-state index < -0.39 is 23.5 Å². The molecule has 33 heavy (non-hydrogen) atoms.